The number of hydrogen-bond donors (Lipinski definition) is 0. The van der Waals surface area contributed by atoms with Gasteiger partial charge < -0.3 is 4.90 Å². The van der Waals surface area contributed by atoms with Gasteiger partial charge in [-0.25, -0.2) is 8.42 Å². The van der Waals surface area contributed by atoms with Gasteiger partial charge >= 0.3 is 0 Å². The van der Waals surface area contributed by atoms with E-state index in [1.54, 1.807) is 4.90 Å². The standard InChI is InChI=1S/C17H18N2O5S2/c1-12-6-8-25-16(12)10-18(15-7-9-26(23,24)11-15)17(20)13-2-4-14(5-3-13)19(21)22/h2-6,8,15H,7,9-11H2,1H3. The molecule has 1 aliphatic rings. The molecule has 1 aromatic carbocycles. The van der Waals surface area contributed by atoms with Crippen LogP contribution in [0.25, 0.3) is 0 Å². The highest BCUT2D eigenvalue weighted by Crippen LogP contribution is 2.26. The SMILES string of the molecule is Cc1ccsc1CN(C(=O)c1ccc([N+](=O)[O-])cc1)C1CCS(=O)(=O)C1. The van der Waals surface area contributed by atoms with Crippen LogP contribution in [0.5, 0.6) is 0 Å². The number of aryl methyl sites for hydroxylation is 1. The first-order valence-electron chi connectivity index (χ1n) is 8.05. The van der Waals surface area contributed by atoms with Gasteiger partial charge in [0.25, 0.3) is 11.6 Å². The Kier molecular flexibility index (Phi) is 5.10. The fraction of sp³-hybridized carbons (Fsp3) is 0.353. The summed E-state index contributed by atoms with van der Waals surface area (Å²) in [4.78, 5) is 25.9. The minimum Gasteiger partial charge on any atom is -0.329 e. The average molecular weight is 394 g/mol. The summed E-state index contributed by atoms with van der Waals surface area (Å²) < 4.78 is 23.8. The zero-order chi connectivity index (χ0) is 18.9. The van der Waals surface area contributed by atoms with Gasteiger partial charge in [-0.05, 0) is 42.5 Å². The maximum Gasteiger partial charge on any atom is 0.269 e. The van der Waals surface area contributed by atoms with Crippen molar-refractivity contribution >= 4 is 32.8 Å². The number of sulfone groups is 1. The molecule has 2 heterocycles. The predicted octanol–water partition coefficient (Wildman–Crippen LogP) is 2.79. The Bertz CT molecular complexity index is 934. The van der Waals surface area contributed by atoms with Crippen LogP contribution in [0.2, 0.25) is 0 Å². The monoisotopic (exact) mass is 394 g/mol. The van der Waals surface area contributed by atoms with Crippen LogP contribution >= 0.6 is 11.3 Å². The number of nitrogens with zero attached hydrogens (tertiary/aromatic N) is 2. The molecule has 1 amide bonds. The van der Waals surface area contributed by atoms with E-state index in [1.165, 1.54) is 35.6 Å². The van der Waals surface area contributed by atoms with Crippen LogP contribution in [0.15, 0.2) is 35.7 Å². The lowest BCUT2D eigenvalue weighted by molar-refractivity contribution is -0.384. The Balaban J connectivity index is 1.90. The minimum absolute atomic E-state index is 0.0455. The fourth-order valence-electron chi connectivity index (χ4n) is 3.00. The van der Waals surface area contributed by atoms with Crippen LogP contribution in [0.1, 0.15) is 27.2 Å². The molecule has 1 saturated heterocycles. The van der Waals surface area contributed by atoms with Crippen molar-refractivity contribution in [1.29, 1.82) is 0 Å². The second kappa shape index (κ2) is 7.16. The molecule has 1 unspecified atom stereocenters. The van der Waals surface area contributed by atoms with Gasteiger partial charge in [0.15, 0.2) is 9.84 Å². The molecular formula is C17H18N2O5S2. The normalized spacial score (nSPS) is 18.6. The highest BCUT2D eigenvalue weighted by molar-refractivity contribution is 7.91. The van der Waals surface area contributed by atoms with Crippen LogP contribution < -0.4 is 0 Å². The first kappa shape index (κ1) is 18.5. The zero-order valence-electron chi connectivity index (χ0n) is 14.1. The van der Waals surface area contributed by atoms with Crippen molar-refractivity contribution in [3.05, 3.63) is 61.8 Å². The van der Waals surface area contributed by atoms with Gasteiger partial charge in [0, 0.05) is 28.6 Å². The molecule has 0 spiro atoms. The molecule has 1 aliphatic heterocycles. The molecule has 1 fully saturated rings. The van der Waals surface area contributed by atoms with Crippen LogP contribution in [0.4, 0.5) is 5.69 Å². The smallest absolute Gasteiger partial charge is 0.269 e. The van der Waals surface area contributed by atoms with E-state index >= 15 is 0 Å². The van der Waals surface area contributed by atoms with Crippen LogP contribution in [-0.2, 0) is 16.4 Å². The molecule has 138 valence electrons. The Morgan fingerprint density at radius 1 is 1.31 bits per heavy atom. The molecular weight excluding hydrogens is 376 g/mol. The topological polar surface area (TPSA) is 97.6 Å². The summed E-state index contributed by atoms with van der Waals surface area (Å²) in [5.74, 6) is -0.281. The van der Waals surface area contributed by atoms with Crippen molar-refractivity contribution in [2.24, 2.45) is 0 Å². The van der Waals surface area contributed by atoms with Crippen molar-refractivity contribution in [1.82, 2.24) is 4.90 Å². The Hall–Kier alpha value is -2.26. The Morgan fingerprint density at radius 2 is 2.00 bits per heavy atom. The Morgan fingerprint density at radius 3 is 2.50 bits per heavy atom. The van der Waals surface area contributed by atoms with Gasteiger partial charge in [0.2, 0.25) is 0 Å². The molecule has 7 nitrogen and oxygen atoms in total. The molecule has 1 aromatic heterocycles. The molecule has 0 radical (unpaired) electrons. The summed E-state index contributed by atoms with van der Waals surface area (Å²) in [7, 11) is -3.14. The van der Waals surface area contributed by atoms with E-state index in [2.05, 4.69) is 0 Å². The lowest BCUT2D eigenvalue weighted by Crippen LogP contribution is -2.40. The van der Waals surface area contributed by atoms with Crippen molar-refractivity contribution < 1.29 is 18.1 Å². The fourth-order valence-corrected chi connectivity index (χ4v) is 5.63. The van der Waals surface area contributed by atoms with E-state index in [0.29, 0.717) is 18.5 Å². The number of rotatable bonds is 5. The van der Waals surface area contributed by atoms with Crippen molar-refractivity contribution in [3.8, 4) is 0 Å². The highest BCUT2D eigenvalue weighted by Gasteiger charge is 2.35. The van der Waals surface area contributed by atoms with E-state index in [9.17, 15) is 23.3 Å². The largest absolute Gasteiger partial charge is 0.329 e. The van der Waals surface area contributed by atoms with Crippen LogP contribution in [-0.4, -0.2) is 41.7 Å². The van der Waals surface area contributed by atoms with E-state index in [-0.39, 0.29) is 29.1 Å². The van der Waals surface area contributed by atoms with Crippen LogP contribution in [0.3, 0.4) is 0 Å². The summed E-state index contributed by atoms with van der Waals surface area (Å²) in [5.41, 5.74) is 1.28. The third-order valence-corrected chi connectivity index (χ3v) is 7.28. The minimum atomic E-state index is -3.14. The van der Waals surface area contributed by atoms with Gasteiger partial charge in [-0.15, -0.1) is 11.3 Å². The summed E-state index contributed by atoms with van der Waals surface area (Å²) in [6, 6.07) is 6.97. The molecule has 1 atom stereocenters. The predicted molar refractivity (Wildman–Crippen MR) is 99.1 cm³/mol. The third-order valence-electron chi connectivity index (χ3n) is 4.52. The van der Waals surface area contributed by atoms with Crippen molar-refractivity contribution in [2.75, 3.05) is 11.5 Å². The maximum atomic E-state index is 13.0. The van der Waals surface area contributed by atoms with Crippen LogP contribution in [0, 0.1) is 17.0 Å². The Labute approximate surface area is 155 Å². The molecule has 0 N–H and O–H groups in total. The van der Waals surface area contributed by atoms with E-state index in [4.69, 9.17) is 0 Å². The number of benzene rings is 1. The molecule has 0 bridgehead atoms. The highest BCUT2D eigenvalue weighted by atomic mass is 32.2. The molecule has 0 aliphatic carbocycles. The first-order valence-corrected chi connectivity index (χ1v) is 10.8. The van der Waals surface area contributed by atoms with Gasteiger partial charge in [-0.3, -0.25) is 14.9 Å². The lowest BCUT2D eigenvalue weighted by atomic mass is 10.1. The van der Waals surface area contributed by atoms with Gasteiger partial charge in [-0.1, -0.05) is 0 Å². The number of hydrogen-bond acceptors (Lipinski definition) is 6. The van der Waals surface area contributed by atoms with E-state index in [1.807, 2.05) is 18.4 Å². The molecule has 2 aromatic rings. The molecule has 9 heteroatoms. The second-order valence-electron chi connectivity index (χ2n) is 6.32. The van der Waals surface area contributed by atoms with Gasteiger partial charge in [-0.2, -0.15) is 0 Å². The molecule has 0 saturated carbocycles. The quantitative estimate of drug-likeness (QED) is 0.574. The number of nitro benzene ring substituents is 1. The zero-order valence-corrected chi connectivity index (χ0v) is 15.8. The average Bonchev–Trinajstić information content (AvgIpc) is 3.17. The summed E-state index contributed by atoms with van der Waals surface area (Å²) in [6.45, 7) is 2.28. The maximum absolute atomic E-state index is 13.0. The third kappa shape index (κ3) is 3.94. The second-order valence-corrected chi connectivity index (χ2v) is 9.55. The number of amides is 1. The van der Waals surface area contributed by atoms with E-state index in [0.717, 1.165) is 10.4 Å². The number of nitro groups is 1. The van der Waals surface area contributed by atoms with Gasteiger partial charge in [0.05, 0.1) is 23.0 Å². The number of thiophene rings is 1. The lowest BCUT2D eigenvalue weighted by Gasteiger charge is -2.28. The first-order chi connectivity index (χ1) is 12.3. The van der Waals surface area contributed by atoms with E-state index < -0.39 is 14.8 Å². The number of carbonyl (C=O) groups excluding carboxylic acids is 1. The number of carbonyl (C=O) groups is 1. The molecule has 26 heavy (non-hydrogen) atoms. The van der Waals surface area contributed by atoms with Gasteiger partial charge in [0.1, 0.15) is 0 Å². The van der Waals surface area contributed by atoms with Crippen molar-refractivity contribution in [2.45, 2.75) is 25.9 Å². The molecule has 3 rings (SSSR count). The number of non-ortho nitro benzene ring substituents is 1. The summed E-state index contributed by atoms with van der Waals surface area (Å²) in [6.07, 6.45) is 0.408. The van der Waals surface area contributed by atoms with Crippen molar-refractivity contribution in [3.63, 3.8) is 0 Å². The summed E-state index contributed by atoms with van der Waals surface area (Å²) >= 11 is 1.52. The summed E-state index contributed by atoms with van der Waals surface area (Å²) in [5, 5.41) is 12.7.